The summed E-state index contributed by atoms with van der Waals surface area (Å²) in [5.74, 6) is -0.403. The summed E-state index contributed by atoms with van der Waals surface area (Å²) >= 11 is 3.32. The highest BCUT2D eigenvalue weighted by molar-refractivity contribution is 9.10. The van der Waals surface area contributed by atoms with Crippen molar-refractivity contribution in [3.8, 4) is 0 Å². The number of rotatable bonds is 4. The van der Waals surface area contributed by atoms with E-state index in [2.05, 4.69) is 38.8 Å². The molecule has 3 N–H and O–H groups in total. The molecule has 0 aromatic heterocycles. The number of carbonyl (C=O) groups excluding carboxylic acids is 2. The molecule has 1 saturated heterocycles. The summed E-state index contributed by atoms with van der Waals surface area (Å²) in [4.78, 5) is 23.8. The fourth-order valence-electron chi connectivity index (χ4n) is 2.39. The molecule has 21 heavy (non-hydrogen) atoms. The molecule has 5 nitrogen and oxygen atoms in total. The van der Waals surface area contributed by atoms with Crippen molar-refractivity contribution in [1.29, 1.82) is 0 Å². The lowest BCUT2D eigenvalue weighted by molar-refractivity contribution is -0.121. The fourth-order valence-corrected chi connectivity index (χ4v) is 2.79. The minimum atomic E-state index is -0.249. The van der Waals surface area contributed by atoms with Gasteiger partial charge < -0.3 is 16.0 Å². The van der Waals surface area contributed by atoms with Gasteiger partial charge >= 0.3 is 0 Å². The summed E-state index contributed by atoms with van der Waals surface area (Å²) in [7, 11) is 0. The second kappa shape index (κ2) is 7.56. The molecule has 0 bridgehead atoms. The number of carbonyl (C=O) groups is 2. The van der Waals surface area contributed by atoms with Gasteiger partial charge in [0.05, 0.1) is 6.54 Å². The highest BCUT2D eigenvalue weighted by Gasteiger charge is 2.22. The van der Waals surface area contributed by atoms with Crippen LogP contribution in [0.15, 0.2) is 28.7 Å². The van der Waals surface area contributed by atoms with Crippen molar-refractivity contribution in [2.45, 2.75) is 31.8 Å². The molecule has 0 radical (unpaired) electrons. The monoisotopic (exact) mass is 353 g/mol. The largest absolute Gasteiger partial charge is 0.350 e. The van der Waals surface area contributed by atoms with Crippen LogP contribution in [0.2, 0.25) is 0 Å². The number of piperidine rings is 1. The Hall–Kier alpha value is -1.40. The van der Waals surface area contributed by atoms with E-state index in [-0.39, 0.29) is 30.4 Å². The molecule has 1 heterocycles. The Labute approximate surface area is 133 Å². The first kappa shape index (κ1) is 16.0. The lowest BCUT2D eigenvalue weighted by Gasteiger charge is -2.30. The molecule has 2 amide bonds. The highest BCUT2D eigenvalue weighted by atomic mass is 79.9. The molecule has 0 aliphatic carbocycles. The van der Waals surface area contributed by atoms with Gasteiger partial charge in [-0.25, -0.2) is 0 Å². The van der Waals surface area contributed by atoms with Gasteiger partial charge in [0.15, 0.2) is 0 Å². The molecule has 114 valence electrons. The van der Waals surface area contributed by atoms with E-state index in [0.717, 1.165) is 23.9 Å². The zero-order valence-corrected chi connectivity index (χ0v) is 13.6. The van der Waals surface area contributed by atoms with E-state index in [1.165, 1.54) is 0 Å². The molecular formula is C15H20BrN3O2. The zero-order chi connectivity index (χ0) is 15.2. The maximum Gasteiger partial charge on any atom is 0.251 e. The highest BCUT2D eigenvalue weighted by Crippen LogP contribution is 2.11. The van der Waals surface area contributed by atoms with E-state index in [1.807, 2.05) is 6.07 Å². The number of hydrogen-bond donors (Lipinski definition) is 3. The van der Waals surface area contributed by atoms with Crippen LogP contribution >= 0.6 is 15.9 Å². The molecule has 6 heteroatoms. The Bertz CT molecular complexity index is 521. The van der Waals surface area contributed by atoms with E-state index in [0.29, 0.717) is 5.56 Å². The third kappa shape index (κ3) is 4.82. The van der Waals surface area contributed by atoms with Crippen LogP contribution < -0.4 is 16.0 Å². The number of nitrogens with one attached hydrogen (secondary N) is 3. The molecule has 1 aromatic rings. The van der Waals surface area contributed by atoms with E-state index < -0.39 is 0 Å². The SMILES string of the molecule is CC1NCCCC1NC(=O)CNC(=O)c1cccc(Br)c1. The quantitative estimate of drug-likeness (QED) is 0.766. The zero-order valence-electron chi connectivity index (χ0n) is 12.0. The second-order valence-electron chi connectivity index (χ2n) is 5.25. The minimum Gasteiger partial charge on any atom is -0.350 e. The topological polar surface area (TPSA) is 70.2 Å². The second-order valence-corrected chi connectivity index (χ2v) is 6.17. The average molecular weight is 354 g/mol. The number of halogens is 1. The molecule has 2 unspecified atom stereocenters. The molecule has 1 aromatic carbocycles. The molecule has 1 aliphatic heterocycles. The van der Waals surface area contributed by atoms with Gasteiger partial charge in [-0.05, 0) is 44.5 Å². The van der Waals surface area contributed by atoms with Crippen LogP contribution in [0.25, 0.3) is 0 Å². The van der Waals surface area contributed by atoms with Crippen LogP contribution in [0, 0.1) is 0 Å². The summed E-state index contributed by atoms with van der Waals surface area (Å²) in [6, 6.07) is 7.47. The number of hydrogen-bond acceptors (Lipinski definition) is 3. The van der Waals surface area contributed by atoms with Crippen molar-refractivity contribution < 1.29 is 9.59 Å². The van der Waals surface area contributed by atoms with Crippen molar-refractivity contribution in [3.63, 3.8) is 0 Å². The molecule has 1 fully saturated rings. The molecular weight excluding hydrogens is 334 g/mol. The van der Waals surface area contributed by atoms with Gasteiger partial charge in [-0.15, -0.1) is 0 Å². The van der Waals surface area contributed by atoms with E-state index in [4.69, 9.17) is 0 Å². The standard InChI is InChI=1S/C15H20BrN3O2/c1-10-13(6-3-7-17-10)19-14(20)9-18-15(21)11-4-2-5-12(16)8-11/h2,4-5,8,10,13,17H,3,6-7,9H2,1H3,(H,18,21)(H,19,20). The predicted octanol–water partition coefficient (Wildman–Crippen LogP) is 1.44. The lowest BCUT2D eigenvalue weighted by Crippen LogP contribution is -2.53. The third-order valence-corrected chi connectivity index (χ3v) is 4.10. The normalized spacial score (nSPS) is 21.6. The van der Waals surface area contributed by atoms with Crippen molar-refractivity contribution >= 4 is 27.7 Å². The van der Waals surface area contributed by atoms with Crippen LogP contribution in [0.5, 0.6) is 0 Å². The van der Waals surface area contributed by atoms with Crippen LogP contribution in [-0.4, -0.2) is 37.0 Å². The number of benzene rings is 1. The van der Waals surface area contributed by atoms with Crippen LogP contribution in [-0.2, 0) is 4.79 Å². The van der Waals surface area contributed by atoms with Crippen LogP contribution in [0.1, 0.15) is 30.1 Å². The van der Waals surface area contributed by atoms with Crippen molar-refractivity contribution in [2.24, 2.45) is 0 Å². The summed E-state index contributed by atoms with van der Waals surface area (Å²) in [6.45, 7) is 3.05. The van der Waals surface area contributed by atoms with Crippen LogP contribution in [0.3, 0.4) is 0 Å². The summed E-state index contributed by atoms with van der Waals surface area (Å²) in [6.07, 6.45) is 2.03. The Morgan fingerprint density at radius 1 is 1.43 bits per heavy atom. The van der Waals surface area contributed by atoms with Gasteiger partial charge in [0, 0.05) is 22.1 Å². The fraction of sp³-hybridized carbons (Fsp3) is 0.467. The summed E-state index contributed by atoms with van der Waals surface area (Å²) in [5.41, 5.74) is 0.532. The Kier molecular flexibility index (Phi) is 5.76. The minimum absolute atomic E-state index is 0.00539. The van der Waals surface area contributed by atoms with Gasteiger partial charge in [-0.3, -0.25) is 9.59 Å². The van der Waals surface area contributed by atoms with E-state index in [9.17, 15) is 9.59 Å². The van der Waals surface area contributed by atoms with Gasteiger partial charge in [0.1, 0.15) is 0 Å². The maximum absolute atomic E-state index is 11.9. The van der Waals surface area contributed by atoms with E-state index in [1.54, 1.807) is 18.2 Å². The van der Waals surface area contributed by atoms with Gasteiger partial charge in [-0.1, -0.05) is 22.0 Å². The van der Waals surface area contributed by atoms with Gasteiger partial charge in [0.25, 0.3) is 5.91 Å². The Morgan fingerprint density at radius 2 is 2.24 bits per heavy atom. The maximum atomic E-state index is 11.9. The summed E-state index contributed by atoms with van der Waals surface area (Å²) in [5, 5.41) is 8.93. The first-order valence-electron chi connectivity index (χ1n) is 7.13. The molecule has 1 aliphatic rings. The van der Waals surface area contributed by atoms with Crippen LogP contribution in [0.4, 0.5) is 0 Å². The number of amides is 2. The van der Waals surface area contributed by atoms with Crippen molar-refractivity contribution in [2.75, 3.05) is 13.1 Å². The predicted molar refractivity (Wildman–Crippen MR) is 85.1 cm³/mol. The Morgan fingerprint density at radius 3 is 2.95 bits per heavy atom. The smallest absolute Gasteiger partial charge is 0.251 e. The molecule has 0 saturated carbocycles. The Balaban J connectivity index is 1.79. The summed E-state index contributed by atoms with van der Waals surface area (Å²) < 4.78 is 0.835. The first-order valence-corrected chi connectivity index (χ1v) is 7.92. The van der Waals surface area contributed by atoms with Gasteiger partial charge in [-0.2, -0.15) is 0 Å². The van der Waals surface area contributed by atoms with Crippen molar-refractivity contribution in [1.82, 2.24) is 16.0 Å². The van der Waals surface area contributed by atoms with Crippen molar-refractivity contribution in [3.05, 3.63) is 34.3 Å². The first-order chi connectivity index (χ1) is 10.1. The molecule has 0 spiro atoms. The lowest BCUT2D eigenvalue weighted by atomic mass is 10.00. The van der Waals surface area contributed by atoms with E-state index >= 15 is 0 Å². The third-order valence-electron chi connectivity index (χ3n) is 3.60. The molecule has 2 atom stereocenters. The van der Waals surface area contributed by atoms with Gasteiger partial charge in [0.2, 0.25) is 5.91 Å². The molecule has 2 rings (SSSR count). The average Bonchev–Trinajstić information content (AvgIpc) is 2.47.